The van der Waals surface area contributed by atoms with Crippen LogP contribution in [0.15, 0.2) is 83.8 Å². The zero-order valence-electron chi connectivity index (χ0n) is 15.9. The Kier molecular flexibility index (Phi) is 5.94. The van der Waals surface area contributed by atoms with Crippen LogP contribution in [0.1, 0.15) is 0 Å². The van der Waals surface area contributed by atoms with Crippen molar-refractivity contribution >= 4 is 38.3 Å². The van der Waals surface area contributed by atoms with Crippen LogP contribution < -0.4 is 10.0 Å². The molecule has 0 aliphatic rings. The lowest BCUT2D eigenvalue weighted by Gasteiger charge is -2.12. The second kappa shape index (κ2) is 8.79. The van der Waals surface area contributed by atoms with Gasteiger partial charge in [0, 0.05) is 29.1 Å². The molecule has 30 heavy (non-hydrogen) atoms. The second-order valence-corrected chi connectivity index (χ2v) is 8.76. The zero-order valence-corrected chi connectivity index (χ0v) is 17.5. The number of hydrogen-bond donors (Lipinski definition) is 2. The van der Waals surface area contributed by atoms with E-state index >= 15 is 0 Å². The van der Waals surface area contributed by atoms with E-state index in [1.807, 2.05) is 54.6 Å². The van der Waals surface area contributed by atoms with Crippen molar-refractivity contribution in [3.63, 3.8) is 0 Å². The van der Waals surface area contributed by atoms with E-state index in [9.17, 15) is 8.42 Å². The highest BCUT2D eigenvalue weighted by Gasteiger charge is 2.13. The Morgan fingerprint density at radius 1 is 0.800 bits per heavy atom. The Morgan fingerprint density at radius 2 is 1.50 bits per heavy atom. The lowest BCUT2D eigenvalue weighted by atomic mass is 10.2. The third-order valence-corrected chi connectivity index (χ3v) is 6.20. The molecule has 1 aromatic heterocycles. The molecule has 0 saturated carbocycles. The molecule has 0 bridgehead atoms. The summed E-state index contributed by atoms with van der Waals surface area (Å²) in [5.41, 5.74) is 1.73. The van der Waals surface area contributed by atoms with E-state index in [1.165, 1.54) is 12.1 Å². The maximum atomic E-state index is 12.4. The first-order valence-electron chi connectivity index (χ1n) is 9.34. The summed E-state index contributed by atoms with van der Waals surface area (Å²) in [6, 6.07) is 23.5. The number of nitrogens with one attached hydrogen (secondary N) is 2. The molecule has 0 saturated heterocycles. The highest BCUT2D eigenvalue weighted by atomic mass is 35.5. The number of sulfonamides is 1. The van der Waals surface area contributed by atoms with Crippen molar-refractivity contribution in [1.82, 2.24) is 14.7 Å². The summed E-state index contributed by atoms with van der Waals surface area (Å²) in [6.07, 6.45) is 0. The summed E-state index contributed by atoms with van der Waals surface area (Å²) in [5.74, 6) is 1.27. The Bertz CT molecular complexity index is 1260. The van der Waals surface area contributed by atoms with Crippen LogP contribution in [0, 0.1) is 0 Å². The summed E-state index contributed by atoms with van der Waals surface area (Å²) in [6.45, 7) is 0.562. The average molecular weight is 439 g/mol. The van der Waals surface area contributed by atoms with Crippen molar-refractivity contribution in [3.8, 4) is 11.4 Å². The minimum absolute atomic E-state index is 0.172. The highest BCUT2D eigenvalue weighted by molar-refractivity contribution is 7.89. The summed E-state index contributed by atoms with van der Waals surface area (Å²) in [7, 11) is -3.61. The molecule has 1 heterocycles. The van der Waals surface area contributed by atoms with Crippen LogP contribution in [0.3, 0.4) is 0 Å². The summed E-state index contributed by atoms with van der Waals surface area (Å²) >= 11 is 5.82. The molecule has 0 unspecified atom stereocenters. The van der Waals surface area contributed by atoms with Crippen molar-refractivity contribution in [1.29, 1.82) is 0 Å². The predicted octanol–water partition coefficient (Wildman–Crippen LogP) is 4.34. The van der Waals surface area contributed by atoms with E-state index in [0.29, 0.717) is 23.2 Å². The van der Waals surface area contributed by atoms with E-state index in [0.717, 1.165) is 16.5 Å². The molecule has 8 heteroatoms. The number of benzene rings is 3. The number of aromatic nitrogens is 2. The molecule has 0 amide bonds. The van der Waals surface area contributed by atoms with Gasteiger partial charge in [-0.15, -0.1) is 0 Å². The molecule has 6 nitrogen and oxygen atoms in total. The molecule has 0 aliphatic carbocycles. The van der Waals surface area contributed by atoms with Crippen LogP contribution >= 0.6 is 11.6 Å². The fraction of sp³-hybridized carbons (Fsp3) is 0.0909. The van der Waals surface area contributed by atoms with E-state index < -0.39 is 10.0 Å². The third-order valence-electron chi connectivity index (χ3n) is 4.47. The van der Waals surface area contributed by atoms with Crippen LogP contribution in [0.4, 0.5) is 5.82 Å². The van der Waals surface area contributed by atoms with Crippen LogP contribution in [0.5, 0.6) is 0 Å². The number of hydrogen-bond acceptors (Lipinski definition) is 5. The molecule has 0 fully saturated rings. The van der Waals surface area contributed by atoms with E-state index in [2.05, 4.69) is 20.0 Å². The maximum absolute atomic E-state index is 12.4. The van der Waals surface area contributed by atoms with E-state index in [-0.39, 0.29) is 11.4 Å². The number of fused-ring (bicyclic) bond motifs is 1. The minimum Gasteiger partial charge on any atom is -0.368 e. The first-order chi connectivity index (χ1) is 14.5. The smallest absolute Gasteiger partial charge is 0.240 e. The van der Waals surface area contributed by atoms with Crippen molar-refractivity contribution < 1.29 is 8.42 Å². The fourth-order valence-electron chi connectivity index (χ4n) is 2.99. The summed E-state index contributed by atoms with van der Waals surface area (Å²) in [5, 5.41) is 4.59. The lowest BCUT2D eigenvalue weighted by molar-refractivity contribution is 0.583. The molecule has 4 rings (SSSR count). The van der Waals surface area contributed by atoms with Gasteiger partial charge in [-0.05, 0) is 36.4 Å². The SMILES string of the molecule is O=S(=O)(NCCNc1nc(-c2ccccc2)nc2ccccc12)c1ccc(Cl)cc1. The standard InChI is InChI=1S/C22H19ClN4O2S/c23-17-10-12-18(13-11-17)30(28,29)25-15-14-24-22-19-8-4-5-9-20(19)26-21(27-22)16-6-2-1-3-7-16/h1-13,25H,14-15H2,(H,24,26,27). The van der Waals surface area contributed by atoms with Crippen LogP contribution in [-0.4, -0.2) is 31.5 Å². The van der Waals surface area contributed by atoms with E-state index in [4.69, 9.17) is 11.6 Å². The maximum Gasteiger partial charge on any atom is 0.240 e. The molecule has 3 aromatic carbocycles. The van der Waals surface area contributed by atoms with Crippen LogP contribution in [-0.2, 0) is 10.0 Å². The molecule has 0 aliphatic heterocycles. The molecule has 2 N–H and O–H groups in total. The third kappa shape index (κ3) is 4.59. The van der Waals surface area contributed by atoms with Gasteiger partial charge in [0.25, 0.3) is 0 Å². The lowest BCUT2D eigenvalue weighted by Crippen LogP contribution is -2.29. The first kappa shape index (κ1) is 20.3. The molecular formula is C22H19ClN4O2S. The number of para-hydroxylation sites is 1. The van der Waals surface area contributed by atoms with Gasteiger partial charge >= 0.3 is 0 Å². The average Bonchev–Trinajstić information content (AvgIpc) is 2.77. The monoisotopic (exact) mass is 438 g/mol. The van der Waals surface area contributed by atoms with Crippen LogP contribution in [0.2, 0.25) is 5.02 Å². The van der Waals surface area contributed by atoms with Crippen molar-refractivity contribution in [3.05, 3.63) is 83.9 Å². The van der Waals surface area contributed by atoms with Crippen molar-refractivity contribution in [2.24, 2.45) is 0 Å². The van der Waals surface area contributed by atoms with Gasteiger partial charge in [-0.2, -0.15) is 0 Å². The van der Waals surface area contributed by atoms with Gasteiger partial charge in [0.15, 0.2) is 5.82 Å². The van der Waals surface area contributed by atoms with Gasteiger partial charge in [0.1, 0.15) is 5.82 Å². The summed E-state index contributed by atoms with van der Waals surface area (Å²) in [4.78, 5) is 9.48. The first-order valence-corrected chi connectivity index (χ1v) is 11.2. The normalized spacial score (nSPS) is 11.5. The van der Waals surface area contributed by atoms with Gasteiger partial charge in [0.2, 0.25) is 10.0 Å². The Labute approximate surface area is 180 Å². The highest BCUT2D eigenvalue weighted by Crippen LogP contribution is 2.24. The molecule has 152 valence electrons. The molecule has 4 aromatic rings. The quantitative estimate of drug-likeness (QED) is 0.419. The summed E-state index contributed by atoms with van der Waals surface area (Å²) < 4.78 is 27.4. The van der Waals surface area contributed by atoms with Gasteiger partial charge in [-0.3, -0.25) is 0 Å². The fourth-order valence-corrected chi connectivity index (χ4v) is 4.15. The molecule has 0 atom stereocenters. The Morgan fingerprint density at radius 3 is 2.27 bits per heavy atom. The minimum atomic E-state index is -3.61. The topological polar surface area (TPSA) is 84.0 Å². The Hall–Kier alpha value is -3.00. The Balaban J connectivity index is 1.50. The van der Waals surface area contributed by atoms with Gasteiger partial charge < -0.3 is 5.32 Å². The van der Waals surface area contributed by atoms with Gasteiger partial charge in [-0.25, -0.2) is 23.1 Å². The van der Waals surface area contributed by atoms with E-state index in [1.54, 1.807) is 12.1 Å². The number of anilines is 1. The van der Waals surface area contributed by atoms with Crippen molar-refractivity contribution in [2.45, 2.75) is 4.90 Å². The van der Waals surface area contributed by atoms with Crippen LogP contribution in [0.25, 0.3) is 22.3 Å². The molecular weight excluding hydrogens is 420 g/mol. The number of rotatable bonds is 7. The molecule has 0 spiro atoms. The van der Waals surface area contributed by atoms with Crippen molar-refractivity contribution in [2.75, 3.05) is 18.4 Å². The molecule has 0 radical (unpaired) electrons. The largest absolute Gasteiger partial charge is 0.368 e. The number of halogens is 1. The van der Waals surface area contributed by atoms with Gasteiger partial charge in [-0.1, -0.05) is 54.1 Å². The number of nitrogens with zero attached hydrogens (tertiary/aromatic N) is 2. The second-order valence-electron chi connectivity index (χ2n) is 6.56. The predicted molar refractivity (Wildman–Crippen MR) is 120 cm³/mol. The van der Waals surface area contributed by atoms with Gasteiger partial charge in [0.05, 0.1) is 10.4 Å². The zero-order chi connectivity index (χ0) is 21.0.